The lowest BCUT2D eigenvalue weighted by molar-refractivity contribution is 0.225. The van der Waals surface area contributed by atoms with Crippen LogP contribution in [-0.4, -0.2) is 6.04 Å². The van der Waals surface area contributed by atoms with Crippen LogP contribution in [0.5, 0.6) is 0 Å². The Hall–Kier alpha value is -0.0800. The van der Waals surface area contributed by atoms with Crippen molar-refractivity contribution >= 4 is 0 Å². The van der Waals surface area contributed by atoms with Crippen LogP contribution in [0.2, 0.25) is 0 Å². The van der Waals surface area contributed by atoms with E-state index in [4.69, 9.17) is 5.84 Å². The van der Waals surface area contributed by atoms with Crippen LogP contribution >= 0.6 is 0 Å². The maximum absolute atomic E-state index is 5.68. The minimum absolute atomic E-state index is 0.574. The van der Waals surface area contributed by atoms with Crippen molar-refractivity contribution in [2.45, 2.75) is 52.0 Å². The third-order valence-electron chi connectivity index (χ3n) is 4.25. The summed E-state index contributed by atoms with van der Waals surface area (Å²) in [6.07, 6.45) is 7.11. The second-order valence-electron chi connectivity index (χ2n) is 5.74. The molecule has 0 radical (unpaired) electrons. The Balaban J connectivity index is 1.92. The SMILES string of the molecule is CC(C)CC(NN)C1CC2CCC1C2. The third kappa shape index (κ3) is 1.96. The van der Waals surface area contributed by atoms with Crippen molar-refractivity contribution in [3.63, 3.8) is 0 Å². The van der Waals surface area contributed by atoms with Crippen LogP contribution in [0, 0.1) is 23.7 Å². The molecule has 0 amide bonds. The van der Waals surface area contributed by atoms with Gasteiger partial charge in [0.15, 0.2) is 0 Å². The molecule has 2 heteroatoms. The largest absolute Gasteiger partial charge is 0.271 e. The normalized spacial score (nSPS) is 38.1. The van der Waals surface area contributed by atoms with Crippen LogP contribution < -0.4 is 11.3 Å². The molecule has 2 rings (SSSR count). The van der Waals surface area contributed by atoms with Crippen LogP contribution in [0.25, 0.3) is 0 Å². The topological polar surface area (TPSA) is 38.0 Å². The maximum Gasteiger partial charge on any atom is 0.0243 e. The van der Waals surface area contributed by atoms with Gasteiger partial charge in [-0.3, -0.25) is 11.3 Å². The molecule has 0 spiro atoms. The highest BCUT2D eigenvalue weighted by molar-refractivity contribution is 4.94. The molecule has 0 aliphatic heterocycles. The molecular formula is C12H24N2. The van der Waals surface area contributed by atoms with Crippen LogP contribution in [0.3, 0.4) is 0 Å². The fraction of sp³-hybridized carbons (Fsp3) is 1.00. The summed E-state index contributed by atoms with van der Waals surface area (Å²) < 4.78 is 0. The van der Waals surface area contributed by atoms with Gasteiger partial charge in [-0.05, 0) is 49.4 Å². The molecule has 2 nitrogen and oxygen atoms in total. The van der Waals surface area contributed by atoms with E-state index in [1.54, 1.807) is 0 Å². The minimum Gasteiger partial charge on any atom is -0.271 e. The van der Waals surface area contributed by atoms with E-state index in [0.717, 1.165) is 23.7 Å². The maximum atomic E-state index is 5.68. The predicted molar refractivity (Wildman–Crippen MR) is 59.5 cm³/mol. The van der Waals surface area contributed by atoms with E-state index >= 15 is 0 Å². The van der Waals surface area contributed by atoms with Gasteiger partial charge in [0.25, 0.3) is 0 Å². The highest BCUT2D eigenvalue weighted by atomic mass is 15.2. The lowest BCUT2D eigenvalue weighted by atomic mass is 9.80. The first kappa shape index (κ1) is 10.4. The fourth-order valence-corrected chi connectivity index (χ4v) is 3.66. The number of nitrogens with one attached hydrogen (secondary N) is 1. The molecule has 4 atom stereocenters. The summed E-state index contributed by atoms with van der Waals surface area (Å²) in [6.45, 7) is 4.58. The van der Waals surface area contributed by atoms with Gasteiger partial charge in [0.2, 0.25) is 0 Å². The minimum atomic E-state index is 0.574. The van der Waals surface area contributed by atoms with Crippen LogP contribution in [-0.2, 0) is 0 Å². The predicted octanol–water partition coefficient (Wildman–Crippen LogP) is 2.30. The molecule has 2 fully saturated rings. The van der Waals surface area contributed by atoms with Gasteiger partial charge in [0, 0.05) is 6.04 Å². The summed E-state index contributed by atoms with van der Waals surface area (Å²) in [6, 6.07) is 0.574. The first-order chi connectivity index (χ1) is 6.70. The lowest BCUT2D eigenvalue weighted by Gasteiger charge is -2.31. The van der Waals surface area contributed by atoms with Crippen LogP contribution in [0.4, 0.5) is 0 Å². The lowest BCUT2D eigenvalue weighted by Crippen LogP contribution is -2.43. The number of hydrogen-bond acceptors (Lipinski definition) is 2. The first-order valence-corrected chi connectivity index (χ1v) is 6.16. The molecule has 4 unspecified atom stereocenters. The highest BCUT2D eigenvalue weighted by Crippen LogP contribution is 2.50. The molecule has 82 valence electrons. The van der Waals surface area contributed by atoms with Crippen molar-refractivity contribution < 1.29 is 0 Å². The Kier molecular flexibility index (Phi) is 3.13. The number of fused-ring (bicyclic) bond motifs is 2. The Morgan fingerprint density at radius 1 is 1.29 bits per heavy atom. The van der Waals surface area contributed by atoms with E-state index in [1.807, 2.05) is 0 Å². The zero-order chi connectivity index (χ0) is 10.1. The van der Waals surface area contributed by atoms with Gasteiger partial charge in [0.05, 0.1) is 0 Å². The van der Waals surface area contributed by atoms with Crippen molar-refractivity contribution in [3.05, 3.63) is 0 Å². The van der Waals surface area contributed by atoms with E-state index < -0.39 is 0 Å². The molecular weight excluding hydrogens is 172 g/mol. The Labute approximate surface area is 87.6 Å². The van der Waals surface area contributed by atoms with Gasteiger partial charge in [-0.25, -0.2) is 0 Å². The van der Waals surface area contributed by atoms with Crippen LogP contribution in [0.1, 0.15) is 46.0 Å². The van der Waals surface area contributed by atoms with Gasteiger partial charge in [-0.2, -0.15) is 0 Å². The number of rotatable bonds is 4. The van der Waals surface area contributed by atoms with E-state index in [0.29, 0.717) is 6.04 Å². The molecule has 0 aromatic heterocycles. The first-order valence-electron chi connectivity index (χ1n) is 6.16. The smallest absolute Gasteiger partial charge is 0.0243 e. The summed E-state index contributed by atoms with van der Waals surface area (Å²) in [7, 11) is 0. The average Bonchev–Trinajstić information content (AvgIpc) is 2.74. The molecule has 0 saturated heterocycles. The Bertz CT molecular complexity index is 191. The van der Waals surface area contributed by atoms with Crippen molar-refractivity contribution in [2.75, 3.05) is 0 Å². The van der Waals surface area contributed by atoms with Gasteiger partial charge in [0.1, 0.15) is 0 Å². The fourth-order valence-electron chi connectivity index (χ4n) is 3.66. The Morgan fingerprint density at radius 2 is 2.07 bits per heavy atom. The summed E-state index contributed by atoms with van der Waals surface area (Å²) in [4.78, 5) is 0. The van der Waals surface area contributed by atoms with E-state index in [9.17, 15) is 0 Å². The summed E-state index contributed by atoms with van der Waals surface area (Å²) in [5.74, 6) is 9.34. The molecule has 2 bridgehead atoms. The second kappa shape index (κ2) is 4.19. The van der Waals surface area contributed by atoms with E-state index in [1.165, 1.54) is 32.1 Å². The zero-order valence-electron chi connectivity index (χ0n) is 9.50. The van der Waals surface area contributed by atoms with Crippen molar-refractivity contribution in [1.29, 1.82) is 0 Å². The number of hydrogen-bond donors (Lipinski definition) is 2. The Morgan fingerprint density at radius 3 is 2.50 bits per heavy atom. The standard InChI is InChI=1S/C12H24N2/c1-8(2)5-12(14-13)11-7-9-3-4-10(11)6-9/h8-12,14H,3-7,13H2,1-2H3. The monoisotopic (exact) mass is 196 g/mol. The van der Waals surface area contributed by atoms with Crippen molar-refractivity contribution in [2.24, 2.45) is 29.5 Å². The van der Waals surface area contributed by atoms with Crippen molar-refractivity contribution in [3.8, 4) is 0 Å². The molecule has 2 saturated carbocycles. The third-order valence-corrected chi connectivity index (χ3v) is 4.25. The van der Waals surface area contributed by atoms with Crippen molar-refractivity contribution in [1.82, 2.24) is 5.43 Å². The van der Waals surface area contributed by atoms with Gasteiger partial charge >= 0.3 is 0 Å². The number of nitrogens with two attached hydrogens (primary N) is 1. The van der Waals surface area contributed by atoms with Gasteiger partial charge < -0.3 is 0 Å². The molecule has 0 heterocycles. The van der Waals surface area contributed by atoms with Gasteiger partial charge in [-0.1, -0.05) is 20.3 Å². The zero-order valence-corrected chi connectivity index (χ0v) is 9.50. The molecule has 2 aliphatic rings. The molecule has 3 N–H and O–H groups in total. The number of hydrazine groups is 1. The van der Waals surface area contributed by atoms with E-state index in [-0.39, 0.29) is 0 Å². The van der Waals surface area contributed by atoms with Gasteiger partial charge in [-0.15, -0.1) is 0 Å². The molecule has 14 heavy (non-hydrogen) atoms. The average molecular weight is 196 g/mol. The summed E-state index contributed by atoms with van der Waals surface area (Å²) in [5.41, 5.74) is 3.06. The molecule has 0 aromatic rings. The second-order valence-corrected chi connectivity index (χ2v) is 5.74. The highest BCUT2D eigenvalue weighted by Gasteiger charge is 2.42. The summed E-state index contributed by atoms with van der Waals surface area (Å²) >= 11 is 0. The summed E-state index contributed by atoms with van der Waals surface area (Å²) in [5, 5.41) is 0. The molecule has 0 aromatic carbocycles. The van der Waals surface area contributed by atoms with Crippen LogP contribution in [0.15, 0.2) is 0 Å². The quantitative estimate of drug-likeness (QED) is 0.535. The molecule has 2 aliphatic carbocycles. The van der Waals surface area contributed by atoms with E-state index in [2.05, 4.69) is 19.3 Å².